The number of hydrogen-bond donors (Lipinski definition) is 1. The van der Waals surface area contributed by atoms with Crippen LogP contribution in [0.25, 0.3) is 16.7 Å². The van der Waals surface area contributed by atoms with Gasteiger partial charge in [0.2, 0.25) is 0 Å². The van der Waals surface area contributed by atoms with E-state index in [0.29, 0.717) is 11.8 Å². The lowest BCUT2D eigenvalue weighted by Gasteiger charge is -2.36. The zero-order valence-electron chi connectivity index (χ0n) is 15.0. The second-order valence-electron chi connectivity index (χ2n) is 7.44. The molecule has 5 heteroatoms. The van der Waals surface area contributed by atoms with Crippen LogP contribution in [0.4, 0.5) is 0 Å². The fourth-order valence-corrected chi connectivity index (χ4v) is 4.22. The third-order valence-electron chi connectivity index (χ3n) is 5.71. The van der Waals surface area contributed by atoms with Gasteiger partial charge in [0.05, 0.1) is 23.4 Å². The molecule has 4 heterocycles. The topological polar surface area (TPSA) is 49.2 Å². The largest absolute Gasteiger partial charge is 0.345 e. The summed E-state index contributed by atoms with van der Waals surface area (Å²) in [7, 11) is 0. The van der Waals surface area contributed by atoms with E-state index in [9.17, 15) is 0 Å². The molecular weight excluding hydrogens is 322 g/mol. The minimum absolute atomic E-state index is 0.426. The van der Waals surface area contributed by atoms with Gasteiger partial charge in [0.1, 0.15) is 5.82 Å². The van der Waals surface area contributed by atoms with Crippen LogP contribution in [0.1, 0.15) is 30.7 Å². The Morgan fingerprint density at radius 2 is 1.96 bits per heavy atom. The lowest BCUT2D eigenvalue weighted by atomic mass is 9.86. The molecule has 3 aromatic heterocycles. The molecule has 1 aliphatic heterocycles. The molecule has 1 saturated heterocycles. The van der Waals surface area contributed by atoms with Gasteiger partial charge in [0.15, 0.2) is 5.65 Å². The van der Waals surface area contributed by atoms with Crippen molar-refractivity contribution in [1.82, 2.24) is 24.3 Å². The number of likely N-dealkylation sites (tertiary alicyclic amines) is 1. The summed E-state index contributed by atoms with van der Waals surface area (Å²) in [6.07, 6.45) is 7.02. The van der Waals surface area contributed by atoms with E-state index in [0.717, 1.165) is 42.1 Å². The molecule has 0 saturated carbocycles. The lowest BCUT2D eigenvalue weighted by Crippen LogP contribution is -2.38. The molecule has 5 rings (SSSR count). The number of H-pyrrole nitrogens is 1. The summed E-state index contributed by atoms with van der Waals surface area (Å²) in [5.41, 5.74) is 4.48. The average molecular weight is 345 g/mol. The number of aromatic nitrogens is 4. The standard InChI is InChI=1S/C21H23N5/c1-15-8-10-25(13-16-5-3-2-4-6-16)14-18(15)21-24-12-17-11-23-20-19(26(17)21)7-9-22-20/h2-7,9,11-12,15,18,22H,8,10,13-14H2,1H3. The molecule has 2 atom stereocenters. The first-order chi connectivity index (χ1) is 12.8. The van der Waals surface area contributed by atoms with Gasteiger partial charge < -0.3 is 4.98 Å². The summed E-state index contributed by atoms with van der Waals surface area (Å²) in [6, 6.07) is 12.8. The molecule has 1 N–H and O–H groups in total. The van der Waals surface area contributed by atoms with Crippen molar-refractivity contribution in [3.05, 3.63) is 66.4 Å². The Bertz CT molecular complexity index is 1030. The maximum Gasteiger partial charge on any atom is 0.154 e. The van der Waals surface area contributed by atoms with Gasteiger partial charge >= 0.3 is 0 Å². The fourth-order valence-electron chi connectivity index (χ4n) is 4.22. The number of imidazole rings is 1. The molecule has 0 spiro atoms. The van der Waals surface area contributed by atoms with E-state index in [2.05, 4.69) is 62.6 Å². The van der Waals surface area contributed by atoms with Crippen LogP contribution in [0.3, 0.4) is 0 Å². The van der Waals surface area contributed by atoms with Crippen molar-refractivity contribution >= 4 is 16.7 Å². The number of piperidine rings is 1. The molecule has 5 nitrogen and oxygen atoms in total. The number of fused-ring (bicyclic) bond motifs is 3. The van der Waals surface area contributed by atoms with Crippen LogP contribution in [0.2, 0.25) is 0 Å². The van der Waals surface area contributed by atoms with Crippen molar-refractivity contribution < 1.29 is 0 Å². The minimum atomic E-state index is 0.426. The Labute approximate surface area is 152 Å². The highest BCUT2D eigenvalue weighted by atomic mass is 15.2. The van der Waals surface area contributed by atoms with Gasteiger partial charge in [-0.2, -0.15) is 0 Å². The summed E-state index contributed by atoms with van der Waals surface area (Å²) in [5.74, 6) is 2.21. The molecule has 0 aliphatic carbocycles. The monoisotopic (exact) mass is 345 g/mol. The van der Waals surface area contributed by atoms with Crippen molar-refractivity contribution in [1.29, 1.82) is 0 Å². The van der Waals surface area contributed by atoms with E-state index < -0.39 is 0 Å². The third-order valence-corrected chi connectivity index (χ3v) is 5.71. The number of hydrogen-bond acceptors (Lipinski definition) is 3. The first-order valence-electron chi connectivity index (χ1n) is 9.35. The molecule has 1 aliphatic rings. The van der Waals surface area contributed by atoms with Gasteiger partial charge in [0.25, 0.3) is 0 Å². The molecule has 1 fully saturated rings. The molecule has 1 aromatic carbocycles. The van der Waals surface area contributed by atoms with Gasteiger partial charge in [-0.3, -0.25) is 9.30 Å². The highest BCUT2D eigenvalue weighted by Gasteiger charge is 2.30. The smallest absolute Gasteiger partial charge is 0.154 e. The van der Waals surface area contributed by atoms with Crippen LogP contribution < -0.4 is 0 Å². The van der Waals surface area contributed by atoms with Gasteiger partial charge in [-0.25, -0.2) is 9.97 Å². The van der Waals surface area contributed by atoms with Gasteiger partial charge in [0, 0.05) is 25.2 Å². The zero-order chi connectivity index (χ0) is 17.5. The van der Waals surface area contributed by atoms with E-state index >= 15 is 0 Å². The van der Waals surface area contributed by atoms with E-state index in [1.165, 1.54) is 12.0 Å². The first-order valence-corrected chi connectivity index (χ1v) is 9.35. The Balaban J connectivity index is 1.50. The highest BCUT2D eigenvalue weighted by molar-refractivity contribution is 5.75. The molecule has 0 radical (unpaired) electrons. The lowest BCUT2D eigenvalue weighted by molar-refractivity contribution is 0.156. The Kier molecular flexibility index (Phi) is 3.75. The van der Waals surface area contributed by atoms with E-state index in [1.54, 1.807) is 0 Å². The quantitative estimate of drug-likeness (QED) is 0.614. The maximum atomic E-state index is 4.82. The maximum absolute atomic E-state index is 4.82. The Morgan fingerprint density at radius 1 is 1.12 bits per heavy atom. The summed E-state index contributed by atoms with van der Waals surface area (Å²) >= 11 is 0. The van der Waals surface area contributed by atoms with Crippen molar-refractivity contribution in [2.24, 2.45) is 5.92 Å². The van der Waals surface area contributed by atoms with Crippen LogP contribution in [0.5, 0.6) is 0 Å². The van der Waals surface area contributed by atoms with Gasteiger partial charge in [-0.15, -0.1) is 0 Å². The molecule has 0 bridgehead atoms. The van der Waals surface area contributed by atoms with Crippen LogP contribution in [0.15, 0.2) is 55.0 Å². The zero-order valence-corrected chi connectivity index (χ0v) is 15.0. The summed E-state index contributed by atoms with van der Waals surface area (Å²) < 4.78 is 2.28. The number of nitrogens with zero attached hydrogens (tertiary/aromatic N) is 4. The van der Waals surface area contributed by atoms with Crippen LogP contribution in [-0.4, -0.2) is 37.3 Å². The van der Waals surface area contributed by atoms with E-state index in [1.807, 2.05) is 18.6 Å². The van der Waals surface area contributed by atoms with E-state index in [4.69, 9.17) is 4.98 Å². The normalized spacial score (nSPS) is 21.6. The summed E-state index contributed by atoms with van der Waals surface area (Å²) in [4.78, 5) is 15.1. The molecule has 4 aromatic rings. The predicted octanol–water partition coefficient (Wildman–Crippen LogP) is 3.84. The average Bonchev–Trinajstić information content (AvgIpc) is 3.30. The fraction of sp³-hybridized carbons (Fsp3) is 0.333. The van der Waals surface area contributed by atoms with Gasteiger partial charge in [-0.1, -0.05) is 37.3 Å². The molecule has 2 unspecified atom stereocenters. The third kappa shape index (κ3) is 2.59. The Hall–Kier alpha value is -2.66. The van der Waals surface area contributed by atoms with Crippen molar-refractivity contribution in [2.75, 3.05) is 13.1 Å². The second kappa shape index (κ2) is 6.25. The minimum Gasteiger partial charge on any atom is -0.345 e. The number of nitrogens with one attached hydrogen (secondary N) is 1. The number of aromatic amines is 1. The molecular formula is C21H23N5. The van der Waals surface area contributed by atoms with Gasteiger partial charge in [-0.05, 0) is 30.5 Å². The number of rotatable bonds is 3. The van der Waals surface area contributed by atoms with Crippen LogP contribution in [-0.2, 0) is 6.54 Å². The molecule has 0 amide bonds. The van der Waals surface area contributed by atoms with Crippen LogP contribution in [0, 0.1) is 5.92 Å². The molecule has 132 valence electrons. The summed E-state index contributed by atoms with van der Waals surface area (Å²) in [6.45, 7) is 5.57. The predicted molar refractivity (Wildman–Crippen MR) is 103 cm³/mol. The SMILES string of the molecule is CC1CCN(Cc2ccccc2)CC1c1ncc2cnc3[nH]ccc3n12. The van der Waals surface area contributed by atoms with Crippen molar-refractivity contribution in [2.45, 2.75) is 25.8 Å². The van der Waals surface area contributed by atoms with Crippen molar-refractivity contribution in [3.63, 3.8) is 0 Å². The second-order valence-corrected chi connectivity index (χ2v) is 7.44. The van der Waals surface area contributed by atoms with Crippen molar-refractivity contribution in [3.8, 4) is 0 Å². The first kappa shape index (κ1) is 15.6. The summed E-state index contributed by atoms with van der Waals surface area (Å²) in [5, 5.41) is 0. The van der Waals surface area contributed by atoms with E-state index in [-0.39, 0.29) is 0 Å². The van der Waals surface area contributed by atoms with Crippen LogP contribution >= 0.6 is 0 Å². The Morgan fingerprint density at radius 3 is 2.85 bits per heavy atom. The highest BCUT2D eigenvalue weighted by Crippen LogP contribution is 2.33. The number of benzene rings is 1. The molecule has 26 heavy (non-hydrogen) atoms.